The Kier molecular flexibility index (Phi) is 6.90. The van der Waals surface area contributed by atoms with Crippen molar-refractivity contribution in [2.24, 2.45) is 5.73 Å². The molecule has 1 rings (SSSR count). The third kappa shape index (κ3) is 3.25. The maximum absolute atomic E-state index is 10.4. The molecule has 0 aromatic heterocycles. The molecule has 1 amide bonds. The van der Waals surface area contributed by atoms with Crippen molar-refractivity contribution in [3.05, 3.63) is 0 Å². The number of carbonyl (C=O) groups is 1. The fourth-order valence-corrected chi connectivity index (χ4v) is 1.04. The standard InChI is InChI=1S/C5H10N2O2.2ClH/c6-5(8)4-2-1-3-7(4)9;;/h4,9H,1-3H2,(H2,6,8);2*1H. The third-order valence-corrected chi connectivity index (χ3v) is 1.55. The predicted octanol–water partition coefficient (Wildman–Crippen LogP) is 0.169. The van der Waals surface area contributed by atoms with E-state index in [1.165, 1.54) is 0 Å². The Morgan fingerprint density at radius 2 is 2.09 bits per heavy atom. The zero-order valence-electron chi connectivity index (χ0n) is 5.90. The topological polar surface area (TPSA) is 66.6 Å². The molecule has 4 nitrogen and oxygen atoms in total. The minimum atomic E-state index is -0.440. The first-order valence-corrected chi connectivity index (χ1v) is 2.96. The van der Waals surface area contributed by atoms with Crippen LogP contribution in [0.4, 0.5) is 0 Å². The Morgan fingerprint density at radius 1 is 1.55 bits per heavy atom. The summed E-state index contributed by atoms with van der Waals surface area (Å²) in [4.78, 5) is 10.4. The number of hydroxylamine groups is 2. The van der Waals surface area contributed by atoms with Crippen molar-refractivity contribution >= 4 is 30.7 Å². The number of nitrogens with two attached hydrogens (primary N) is 1. The van der Waals surface area contributed by atoms with Crippen LogP contribution in [0.2, 0.25) is 0 Å². The first-order chi connectivity index (χ1) is 4.22. The van der Waals surface area contributed by atoms with E-state index in [1.807, 2.05) is 0 Å². The van der Waals surface area contributed by atoms with Crippen molar-refractivity contribution in [1.82, 2.24) is 5.06 Å². The number of primary amides is 1. The normalized spacial score (nSPS) is 23.5. The maximum Gasteiger partial charge on any atom is 0.237 e. The van der Waals surface area contributed by atoms with Gasteiger partial charge in [-0.15, -0.1) is 24.8 Å². The summed E-state index contributed by atoms with van der Waals surface area (Å²) in [5, 5.41) is 9.89. The summed E-state index contributed by atoms with van der Waals surface area (Å²) in [7, 11) is 0. The molecular weight excluding hydrogens is 191 g/mol. The van der Waals surface area contributed by atoms with E-state index < -0.39 is 11.9 Å². The van der Waals surface area contributed by atoms with Gasteiger partial charge in [0.1, 0.15) is 6.04 Å². The Bertz CT molecular complexity index is 134. The molecule has 1 saturated heterocycles. The van der Waals surface area contributed by atoms with E-state index >= 15 is 0 Å². The summed E-state index contributed by atoms with van der Waals surface area (Å²) < 4.78 is 0. The van der Waals surface area contributed by atoms with Gasteiger partial charge >= 0.3 is 0 Å². The van der Waals surface area contributed by atoms with E-state index in [2.05, 4.69) is 0 Å². The molecule has 6 heteroatoms. The first kappa shape index (κ1) is 13.6. The predicted molar refractivity (Wildman–Crippen MR) is 45.2 cm³/mol. The summed E-state index contributed by atoms with van der Waals surface area (Å²) in [5.74, 6) is -0.435. The fourth-order valence-electron chi connectivity index (χ4n) is 1.04. The lowest BCUT2D eigenvalue weighted by atomic mass is 10.2. The molecule has 1 aliphatic rings. The van der Waals surface area contributed by atoms with E-state index in [0.717, 1.165) is 11.5 Å². The molecule has 0 bridgehead atoms. The zero-order valence-corrected chi connectivity index (χ0v) is 7.53. The average Bonchev–Trinajstić information content (AvgIpc) is 2.13. The van der Waals surface area contributed by atoms with Gasteiger partial charge in [-0.05, 0) is 12.8 Å². The van der Waals surface area contributed by atoms with Crippen LogP contribution in [0.25, 0.3) is 0 Å². The van der Waals surface area contributed by atoms with Crippen molar-refractivity contribution in [2.45, 2.75) is 18.9 Å². The van der Waals surface area contributed by atoms with Crippen molar-refractivity contribution in [2.75, 3.05) is 6.54 Å². The lowest BCUT2D eigenvalue weighted by Gasteiger charge is -2.12. The highest BCUT2D eigenvalue weighted by Gasteiger charge is 2.27. The van der Waals surface area contributed by atoms with E-state index in [9.17, 15) is 4.79 Å². The highest BCUT2D eigenvalue weighted by atomic mass is 35.5. The molecule has 11 heavy (non-hydrogen) atoms. The van der Waals surface area contributed by atoms with Crippen LogP contribution in [0.15, 0.2) is 0 Å². The van der Waals surface area contributed by atoms with Gasteiger partial charge in [-0.25, -0.2) is 0 Å². The van der Waals surface area contributed by atoms with Crippen molar-refractivity contribution in [3.63, 3.8) is 0 Å². The Morgan fingerprint density at radius 3 is 2.27 bits per heavy atom. The molecule has 1 unspecified atom stereocenters. The molecule has 1 fully saturated rings. The van der Waals surface area contributed by atoms with E-state index in [0.29, 0.717) is 13.0 Å². The highest BCUT2D eigenvalue weighted by Crippen LogP contribution is 2.12. The molecule has 1 heterocycles. The molecule has 0 spiro atoms. The molecule has 3 N–H and O–H groups in total. The van der Waals surface area contributed by atoms with Crippen LogP contribution in [0.3, 0.4) is 0 Å². The van der Waals surface area contributed by atoms with Crippen molar-refractivity contribution < 1.29 is 10.0 Å². The average molecular weight is 203 g/mol. The Labute approximate surface area is 77.5 Å². The molecule has 0 radical (unpaired) electrons. The molecule has 1 atom stereocenters. The fraction of sp³-hybridized carbons (Fsp3) is 0.800. The van der Waals surface area contributed by atoms with Crippen LogP contribution in [-0.4, -0.2) is 28.8 Å². The monoisotopic (exact) mass is 202 g/mol. The van der Waals surface area contributed by atoms with Crippen molar-refractivity contribution in [1.29, 1.82) is 0 Å². The van der Waals surface area contributed by atoms with Gasteiger partial charge in [-0.2, -0.15) is 5.06 Å². The molecular formula is C5H12Cl2N2O2. The van der Waals surface area contributed by atoms with Gasteiger partial charge in [0.15, 0.2) is 0 Å². The van der Waals surface area contributed by atoms with Gasteiger partial charge in [0, 0.05) is 6.54 Å². The van der Waals surface area contributed by atoms with Gasteiger partial charge in [-0.1, -0.05) is 0 Å². The largest absolute Gasteiger partial charge is 0.368 e. The van der Waals surface area contributed by atoms with Gasteiger partial charge < -0.3 is 10.9 Å². The number of amides is 1. The number of nitrogens with zero attached hydrogens (tertiary/aromatic N) is 1. The molecule has 0 aliphatic carbocycles. The summed E-state index contributed by atoms with van der Waals surface area (Å²) in [6, 6.07) is -0.440. The molecule has 1 aliphatic heterocycles. The SMILES string of the molecule is Cl.Cl.NC(=O)C1CCCN1O. The van der Waals surface area contributed by atoms with Crippen LogP contribution in [-0.2, 0) is 4.79 Å². The Hall–Kier alpha value is -0.0300. The smallest absolute Gasteiger partial charge is 0.237 e. The second kappa shape index (κ2) is 5.60. The van der Waals surface area contributed by atoms with E-state index in [1.54, 1.807) is 0 Å². The van der Waals surface area contributed by atoms with Crippen LogP contribution in [0, 0.1) is 0 Å². The summed E-state index contributed by atoms with van der Waals surface area (Å²) in [6.45, 7) is 0.563. The second-order valence-corrected chi connectivity index (χ2v) is 2.22. The number of rotatable bonds is 1. The zero-order chi connectivity index (χ0) is 6.85. The van der Waals surface area contributed by atoms with Crippen molar-refractivity contribution in [3.8, 4) is 0 Å². The van der Waals surface area contributed by atoms with Crippen LogP contribution in [0.5, 0.6) is 0 Å². The number of hydrogen-bond acceptors (Lipinski definition) is 3. The molecule has 0 saturated carbocycles. The summed E-state index contributed by atoms with van der Waals surface area (Å²) >= 11 is 0. The number of halogens is 2. The molecule has 68 valence electrons. The lowest BCUT2D eigenvalue weighted by Crippen LogP contribution is -2.38. The van der Waals surface area contributed by atoms with Gasteiger partial charge in [-0.3, -0.25) is 4.79 Å². The third-order valence-electron chi connectivity index (χ3n) is 1.55. The lowest BCUT2D eigenvalue weighted by molar-refractivity contribution is -0.142. The Balaban J connectivity index is 0. The van der Waals surface area contributed by atoms with Crippen LogP contribution < -0.4 is 5.73 Å². The van der Waals surface area contributed by atoms with Gasteiger partial charge in [0.2, 0.25) is 5.91 Å². The van der Waals surface area contributed by atoms with Crippen LogP contribution >= 0.6 is 24.8 Å². The minimum Gasteiger partial charge on any atom is -0.368 e. The molecule has 0 aromatic carbocycles. The van der Waals surface area contributed by atoms with Gasteiger partial charge in [0.25, 0.3) is 0 Å². The second-order valence-electron chi connectivity index (χ2n) is 2.22. The first-order valence-electron chi connectivity index (χ1n) is 2.96. The van der Waals surface area contributed by atoms with Crippen LogP contribution in [0.1, 0.15) is 12.8 Å². The molecule has 0 aromatic rings. The quantitative estimate of drug-likeness (QED) is 0.638. The van der Waals surface area contributed by atoms with Gasteiger partial charge in [0.05, 0.1) is 0 Å². The number of carbonyl (C=O) groups excluding carboxylic acids is 1. The van der Waals surface area contributed by atoms with E-state index in [-0.39, 0.29) is 24.8 Å². The van der Waals surface area contributed by atoms with E-state index in [4.69, 9.17) is 10.9 Å². The summed E-state index contributed by atoms with van der Waals surface area (Å²) in [6.07, 6.45) is 1.54. The maximum atomic E-state index is 10.4. The summed E-state index contributed by atoms with van der Waals surface area (Å²) in [5.41, 5.74) is 4.95. The minimum absolute atomic E-state index is 0. The number of hydrogen-bond donors (Lipinski definition) is 2. The highest BCUT2D eigenvalue weighted by molar-refractivity contribution is 5.85.